The summed E-state index contributed by atoms with van der Waals surface area (Å²) < 4.78 is 39.5. The van der Waals surface area contributed by atoms with Crippen LogP contribution >= 0.6 is 0 Å². The van der Waals surface area contributed by atoms with Crippen molar-refractivity contribution >= 4 is 17.5 Å². The third kappa shape index (κ3) is 3.44. The van der Waals surface area contributed by atoms with Crippen LogP contribution in [0.5, 0.6) is 0 Å². The van der Waals surface area contributed by atoms with Crippen molar-refractivity contribution in [2.75, 3.05) is 11.9 Å². The van der Waals surface area contributed by atoms with Gasteiger partial charge in [-0.2, -0.15) is 13.2 Å². The van der Waals surface area contributed by atoms with Crippen molar-refractivity contribution < 1.29 is 22.8 Å². The average molecular weight is 365 g/mol. The molecule has 0 atom stereocenters. The molecule has 1 aliphatic heterocycles. The fraction of sp³-hybridized carbons (Fsp3) is 0.250. The number of aromatic nitrogens is 3. The van der Waals surface area contributed by atoms with Crippen LogP contribution in [0, 0.1) is 0 Å². The van der Waals surface area contributed by atoms with E-state index in [1.54, 1.807) is 12.1 Å². The van der Waals surface area contributed by atoms with Gasteiger partial charge in [-0.25, -0.2) is 0 Å². The lowest BCUT2D eigenvalue weighted by Gasteiger charge is -2.28. The van der Waals surface area contributed by atoms with Gasteiger partial charge in [0.25, 0.3) is 5.91 Å². The molecule has 10 heteroatoms. The zero-order chi connectivity index (χ0) is 18.9. The number of nitrogens with zero attached hydrogens (tertiary/aromatic N) is 4. The van der Waals surface area contributed by atoms with Gasteiger partial charge in [-0.15, -0.1) is 10.2 Å². The molecule has 0 unspecified atom stereocenters. The molecule has 0 aliphatic carbocycles. The summed E-state index contributed by atoms with van der Waals surface area (Å²) in [6.07, 6.45) is -3.46. The second-order valence-corrected chi connectivity index (χ2v) is 5.59. The minimum absolute atomic E-state index is 0.0314. The highest BCUT2D eigenvalue weighted by molar-refractivity contribution is 5.99. The molecule has 0 saturated carbocycles. The van der Waals surface area contributed by atoms with E-state index in [0.717, 1.165) is 10.6 Å². The van der Waals surface area contributed by atoms with Crippen LogP contribution in [-0.2, 0) is 24.1 Å². The second-order valence-electron chi connectivity index (χ2n) is 5.59. The monoisotopic (exact) mass is 365 g/mol. The number of nitrogens with one attached hydrogen (secondary N) is 1. The van der Waals surface area contributed by atoms with Crippen LogP contribution in [0.4, 0.5) is 18.9 Å². The van der Waals surface area contributed by atoms with Gasteiger partial charge in [-0.05, 0) is 30.3 Å². The van der Waals surface area contributed by atoms with Gasteiger partial charge in [0.05, 0.1) is 6.54 Å². The molecule has 1 aliphatic rings. The Hall–Kier alpha value is -3.17. The van der Waals surface area contributed by atoms with E-state index in [9.17, 15) is 22.8 Å². The lowest BCUT2D eigenvalue weighted by molar-refractivity contribution is -0.147. The summed E-state index contributed by atoms with van der Waals surface area (Å²) in [6, 6.07) is 6.18. The Kier molecular flexibility index (Phi) is 4.49. The standard InChI is InChI=1S/C16H14F3N5O2/c1-2-13(25)20-11-5-3-10(4-6-11)14(26)23-7-8-24-12(9-23)21-22-15(24)16(17,18)19/h2-6H,1,7-9H2,(H,20,25). The zero-order valence-corrected chi connectivity index (χ0v) is 13.5. The lowest BCUT2D eigenvalue weighted by Crippen LogP contribution is -2.39. The third-order valence-corrected chi connectivity index (χ3v) is 3.88. The molecule has 2 amide bonds. The largest absolute Gasteiger partial charge is 0.451 e. The van der Waals surface area contributed by atoms with Crippen molar-refractivity contribution in [3.05, 3.63) is 54.1 Å². The summed E-state index contributed by atoms with van der Waals surface area (Å²) in [5.41, 5.74) is 0.852. The summed E-state index contributed by atoms with van der Waals surface area (Å²) in [5, 5.41) is 9.29. The van der Waals surface area contributed by atoms with Crippen molar-refractivity contribution in [2.24, 2.45) is 0 Å². The molecule has 1 aromatic heterocycles. The number of hydrogen-bond donors (Lipinski definition) is 1. The van der Waals surface area contributed by atoms with Crippen molar-refractivity contribution in [3.8, 4) is 0 Å². The molecule has 2 heterocycles. The van der Waals surface area contributed by atoms with E-state index in [1.165, 1.54) is 17.0 Å². The molecule has 136 valence electrons. The molecular formula is C16H14F3N5O2. The Bertz CT molecular complexity index is 858. The Labute approximate surface area is 146 Å². The summed E-state index contributed by atoms with van der Waals surface area (Å²) in [6.45, 7) is 3.37. The fourth-order valence-corrected chi connectivity index (χ4v) is 2.61. The average Bonchev–Trinajstić information content (AvgIpc) is 3.05. The maximum atomic E-state index is 12.8. The van der Waals surface area contributed by atoms with Gasteiger partial charge in [0.1, 0.15) is 0 Å². The zero-order valence-electron chi connectivity index (χ0n) is 13.5. The van der Waals surface area contributed by atoms with E-state index in [4.69, 9.17) is 0 Å². The molecule has 0 radical (unpaired) electrons. The minimum Gasteiger partial charge on any atom is -0.329 e. The van der Waals surface area contributed by atoms with Gasteiger partial charge in [-0.1, -0.05) is 6.58 Å². The number of carbonyl (C=O) groups is 2. The number of amides is 2. The van der Waals surface area contributed by atoms with E-state index >= 15 is 0 Å². The number of alkyl halides is 3. The number of fused-ring (bicyclic) bond motifs is 1. The number of hydrogen-bond acceptors (Lipinski definition) is 4. The SMILES string of the molecule is C=CC(=O)Nc1ccc(C(=O)N2CCn3c(nnc3C(F)(F)F)C2)cc1. The molecule has 26 heavy (non-hydrogen) atoms. The van der Waals surface area contributed by atoms with Gasteiger partial charge in [0, 0.05) is 24.3 Å². The molecule has 0 spiro atoms. The maximum absolute atomic E-state index is 12.8. The number of anilines is 1. The van der Waals surface area contributed by atoms with Crippen molar-refractivity contribution in [2.45, 2.75) is 19.3 Å². The Morgan fingerprint density at radius 3 is 2.46 bits per heavy atom. The summed E-state index contributed by atoms with van der Waals surface area (Å²) in [5.74, 6) is -1.68. The normalized spacial score (nSPS) is 13.9. The summed E-state index contributed by atoms with van der Waals surface area (Å²) in [4.78, 5) is 25.2. The lowest BCUT2D eigenvalue weighted by atomic mass is 10.1. The van der Waals surface area contributed by atoms with Gasteiger partial charge in [-0.3, -0.25) is 9.59 Å². The second kappa shape index (κ2) is 6.62. The van der Waals surface area contributed by atoms with Crippen LogP contribution in [-0.4, -0.2) is 38.0 Å². The number of benzene rings is 1. The highest BCUT2D eigenvalue weighted by Crippen LogP contribution is 2.29. The molecule has 3 rings (SSSR count). The van der Waals surface area contributed by atoms with Gasteiger partial charge < -0.3 is 14.8 Å². The van der Waals surface area contributed by atoms with Gasteiger partial charge >= 0.3 is 6.18 Å². The van der Waals surface area contributed by atoms with Crippen LogP contribution in [0.15, 0.2) is 36.9 Å². The maximum Gasteiger partial charge on any atom is 0.451 e. The number of carbonyl (C=O) groups excluding carboxylic acids is 2. The van der Waals surface area contributed by atoms with Gasteiger partial charge in [0.15, 0.2) is 5.82 Å². The van der Waals surface area contributed by atoms with E-state index in [-0.39, 0.29) is 37.3 Å². The fourth-order valence-electron chi connectivity index (χ4n) is 2.61. The first-order chi connectivity index (χ1) is 12.3. The van der Waals surface area contributed by atoms with Crippen LogP contribution < -0.4 is 5.32 Å². The number of rotatable bonds is 3. The van der Waals surface area contributed by atoms with Crippen molar-refractivity contribution in [3.63, 3.8) is 0 Å². The molecule has 0 saturated heterocycles. The van der Waals surface area contributed by atoms with Crippen LogP contribution in [0.1, 0.15) is 22.0 Å². The molecular weight excluding hydrogens is 351 g/mol. The van der Waals surface area contributed by atoms with Crippen molar-refractivity contribution in [1.82, 2.24) is 19.7 Å². The first-order valence-corrected chi connectivity index (χ1v) is 7.61. The highest BCUT2D eigenvalue weighted by Gasteiger charge is 2.39. The van der Waals surface area contributed by atoms with Crippen LogP contribution in [0.3, 0.4) is 0 Å². The molecule has 1 aromatic carbocycles. The van der Waals surface area contributed by atoms with E-state index < -0.39 is 12.0 Å². The predicted octanol–water partition coefficient (Wildman–Crippen LogP) is 2.08. The first-order valence-electron chi connectivity index (χ1n) is 7.61. The summed E-state index contributed by atoms with van der Waals surface area (Å²) >= 11 is 0. The minimum atomic E-state index is -4.58. The Morgan fingerprint density at radius 2 is 1.85 bits per heavy atom. The first kappa shape index (κ1) is 17.6. The Morgan fingerprint density at radius 1 is 1.15 bits per heavy atom. The highest BCUT2D eigenvalue weighted by atomic mass is 19.4. The smallest absolute Gasteiger partial charge is 0.329 e. The topological polar surface area (TPSA) is 80.1 Å². The van der Waals surface area contributed by atoms with E-state index in [0.29, 0.717) is 11.3 Å². The molecule has 7 nitrogen and oxygen atoms in total. The van der Waals surface area contributed by atoms with E-state index in [2.05, 4.69) is 22.1 Å². The third-order valence-electron chi connectivity index (χ3n) is 3.88. The predicted molar refractivity (Wildman–Crippen MR) is 85.0 cm³/mol. The molecule has 1 N–H and O–H groups in total. The quantitative estimate of drug-likeness (QED) is 0.845. The van der Waals surface area contributed by atoms with Crippen molar-refractivity contribution in [1.29, 1.82) is 0 Å². The van der Waals surface area contributed by atoms with Crippen LogP contribution in [0.2, 0.25) is 0 Å². The molecule has 0 fully saturated rings. The van der Waals surface area contributed by atoms with Gasteiger partial charge in [0.2, 0.25) is 11.7 Å². The molecule has 0 bridgehead atoms. The number of halogens is 3. The Balaban J connectivity index is 1.73. The van der Waals surface area contributed by atoms with E-state index in [1.807, 2.05) is 0 Å². The molecule has 2 aromatic rings. The van der Waals surface area contributed by atoms with Crippen LogP contribution in [0.25, 0.3) is 0 Å². The summed E-state index contributed by atoms with van der Waals surface area (Å²) in [7, 11) is 0.